The lowest BCUT2D eigenvalue weighted by atomic mass is 9.54. The van der Waals surface area contributed by atoms with Crippen molar-refractivity contribution in [1.29, 1.82) is 0 Å². The van der Waals surface area contributed by atoms with E-state index in [1.54, 1.807) is 0 Å². The summed E-state index contributed by atoms with van der Waals surface area (Å²) >= 11 is 0. The van der Waals surface area contributed by atoms with E-state index < -0.39 is 0 Å². The maximum absolute atomic E-state index is 6.63. The number of nitrogens with one attached hydrogen (secondary N) is 1. The SMILES string of the molecule is CCOC1CC(N)(CNC(C)(C)CC(C)(C)C)C1(C)C. The molecular formula is C17H36N2O. The number of hydrogen-bond acceptors (Lipinski definition) is 3. The van der Waals surface area contributed by atoms with Gasteiger partial charge < -0.3 is 15.8 Å². The molecule has 3 heteroatoms. The Morgan fingerprint density at radius 1 is 1.20 bits per heavy atom. The lowest BCUT2D eigenvalue weighted by molar-refractivity contribution is -0.149. The smallest absolute Gasteiger partial charge is 0.0662 e. The highest BCUT2D eigenvalue weighted by molar-refractivity contribution is 5.15. The van der Waals surface area contributed by atoms with E-state index in [1.165, 1.54) is 0 Å². The van der Waals surface area contributed by atoms with Gasteiger partial charge in [-0.15, -0.1) is 0 Å². The molecule has 0 amide bonds. The van der Waals surface area contributed by atoms with Crippen LogP contribution in [0.2, 0.25) is 0 Å². The molecule has 0 bridgehead atoms. The standard InChI is InChI=1S/C17H36N2O/c1-9-20-13-10-17(18,16(13,7)8)12-19-15(5,6)11-14(2,3)4/h13,19H,9-12,18H2,1-8H3. The van der Waals surface area contributed by atoms with E-state index in [4.69, 9.17) is 10.5 Å². The Labute approximate surface area is 126 Å². The maximum Gasteiger partial charge on any atom is 0.0662 e. The Hall–Kier alpha value is -0.120. The zero-order chi connectivity index (χ0) is 15.8. The third kappa shape index (κ3) is 3.96. The first-order chi connectivity index (χ1) is 8.83. The van der Waals surface area contributed by atoms with E-state index in [0.29, 0.717) is 11.5 Å². The van der Waals surface area contributed by atoms with Crippen LogP contribution in [0.3, 0.4) is 0 Å². The van der Waals surface area contributed by atoms with Gasteiger partial charge >= 0.3 is 0 Å². The Bertz CT molecular complexity index is 330. The van der Waals surface area contributed by atoms with Crippen molar-refractivity contribution in [2.24, 2.45) is 16.6 Å². The fourth-order valence-corrected chi connectivity index (χ4v) is 3.59. The highest BCUT2D eigenvalue weighted by atomic mass is 16.5. The van der Waals surface area contributed by atoms with Gasteiger partial charge in [0.1, 0.15) is 0 Å². The maximum atomic E-state index is 6.63. The Morgan fingerprint density at radius 2 is 1.75 bits per heavy atom. The first-order valence-electron chi connectivity index (χ1n) is 7.98. The summed E-state index contributed by atoms with van der Waals surface area (Å²) in [5, 5.41) is 3.70. The predicted octanol–water partition coefficient (Wildman–Crippen LogP) is 3.32. The number of nitrogens with two attached hydrogens (primary N) is 1. The van der Waals surface area contributed by atoms with Gasteiger partial charge in [-0.25, -0.2) is 0 Å². The van der Waals surface area contributed by atoms with Crippen LogP contribution < -0.4 is 11.1 Å². The first kappa shape index (κ1) is 17.9. The summed E-state index contributed by atoms with van der Waals surface area (Å²) in [5.74, 6) is 0. The fraction of sp³-hybridized carbons (Fsp3) is 1.00. The number of rotatable bonds is 6. The van der Waals surface area contributed by atoms with E-state index in [2.05, 4.69) is 60.7 Å². The van der Waals surface area contributed by atoms with Crippen molar-refractivity contribution in [2.75, 3.05) is 13.2 Å². The monoisotopic (exact) mass is 284 g/mol. The Balaban J connectivity index is 2.58. The number of hydrogen-bond donors (Lipinski definition) is 2. The topological polar surface area (TPSA) is 47.3 Å². The van der Waals surface area contributed by atoms with Crippen molar-refractivity contribution in [3.63, 3.8) is 0 Å². The van der Waals surface area contributed by atoms with Crippen LogP contribution in [0, 0.1) is 10.8 Å². The molecule has 0 aromatic rings. The van der Waals surface area contributed by atoms with Gasteiger partial charge in [0.05, 0.1) is 6.10 Å². The lowest BCUT2D eigenvalue weighted by Gasteiger charge is -2.60. The quantitative estimate of drug-likeness (QED) is 0.786. The molecule has 1 rings (SSSR count). The molecule has 2 unspecified atom stereocenters. The highest BCUT2D eigenvalue weighted by Crippen LogP contribution is 2.49. The average Bonchev–Trinajstić information content (AvgIpc) is 2.23. The summed E-state index contributed by atoms with van der Waals surface area (Å²) in [4.78, 5) is 0. The van der Waals surface area contributed by atoms with Crippen molar-refractivity contribution in [3.8, 4) is 0 Å². The van der Waals surface area contributed by atoms with Gasteiger partial charge in [-0.1, -0.05) is 34.6 Å². The molecule has 1 saturated carbocycles. The van der Waals surface area contributed by atoms with Crippen LogP contribution in [0.1, 0.15) is 68.2 Å². The summed E-state index contributed by atoms with van der Waals surface area (Å²) in [5.41, 5.74) is 6.93. The van der Waals surface area contributed by atoms with Gasteiger partial charge in [0.2, 0.25) is 0 Å². The molecule has 1 aliphatic carbocycles. The molecule has 0 aromatic heterocycles. The van der Waals surface area contributed by atoms with Crippen LogP contribution in [0.25, 0.3) is 0 Å². The average molecular weight is 284 g/mol. The Kier molecular flexibility index (Phi) is 5.01. The molecule has 0 heterocycles. The molecule has 0 saturated heterocycles. The van der Waals surface area contributed by atoms with E-state index in [1.807, 2.05) is 0 Å². The summed E-state index contributed by atoms with van der Waals surface area (Å²) in [6.45, 7) is 19.5. The fourth-order valence-electron chi connectivity index (χ4n) is 3.59. The summed E-state index contributed by atoms with van der Waals surface area (Å²) in [6.07, 6.45) is 2.38. The minimum absolute atomic E-state index is 0.0355. The molecule has 3 N–H and O–H groups in total. The van der Waals surface area contributed by atoms with Crippen molar-refractivity contribution < 1.29 is 4.74 Å². The van der Waals surface area contributed by atoms with Gasteiger partial charge in [0.25, 0.3) is 0 Å². The third-order valence-electron chi connectivity index (χ3n) is 4.86. The zero-order valence-electron chi connectivity index (χ0n) is 14.9. The molecule has 1 fully saturated rings. The van der Waals surface area contributed by atoms with E-state index in [9.17, 15) is 0 Å². The lowest BCUT2D eigenvalue weighted by Crippen LogP contribution is -2.74. The van der Waals surface area contributed by atoms with Gasteiger partial charge in [0.15, 0.2) is 0 Å². The molecule has 120 valence electrons. The molecule has 0 aliphatic heterocycles. The zero-order valence-corrected chi connectivity index (χ0v) is 14.9. The van der Waals surface area contributed by atoms with Crippen LogP contribution in [0.15, 0.2) is 0 Å². The van der Waals surface area contributed by atoms with E-state index >= 15 is 0 Å². The molecular weight excluding hydrogens is 248 g/mol. The summed E-state index contributed by atoms with van der Waals surface area (Å²) in [6, 6.07) is 0. The molecule has 2 atom stereocenters. The van der Waals surface area contributed by atoms with E-state index in [-0.39, 0.29) is 16.5 Å². The molecule has 20 heavy (non-hydrogen) atoms. The highest BCUT2D eigenvalue weighted by Gasteiger charge is 2.58. The van der Waals surface area contributed by atoms with Crippen LogP contribution in [0.4, 0.5) is 0 Å². The van der Waals surface area contributed by atoms with E-state index in [0.717, 1.165) is 26.0 Å². The summed E-state index contributed by atoms with van der Waals surface area (Å²) < 4.78 is 5.79. The largest absolute Gasteiger partial charge is 0.378 e. The minimum atomic E-state index is -0.165. The minimum Gasteiger partial charge on any atom is -0.378 e. The second-order valence-corrected chi connectivity index (χ2v) is 9.00. The molecule has 0 radical (unpaired) electrons. The van der Waals surface area contributed by atoms with Crippen molar-refractivity contribution >= 4 is 0 Å². The van der Waals surface area contributed by atoms with Crippen molar-refractivity contribution in [3.05, 3.63) is 0 Å². The van der Waals surface area contributed by atoms with Crippen LogP contribution in [0.5, 0.6) is 0 Å². The predicted molar refractivity (Wildman–Crippen MR) is 86.9 cm³/mol. The van der Waals surface area contributed by atoms with Gasteiger partial charge in [-0.05, 0) is 39.0 Å². The molecule has 0 aromatic carbocycles. The van der Waals surface area contributed by atoms with Gasteiger partial charge in [0, 0.05) is 29.6 Å². The van der Waals surface area contributed by atoms with Crippen molar-refractivity contribution in [1.82, 2.24) is 5.32 Å². The normalized spacial score (nSPS) is 30.1. The molecule has 0 spiro atoms. The first-order valence-corrected chi connectivity index (χ1v) is 7.98. The third-order valence-corrected chi connectivity index (χ3v) is 4.86. The van der Waals surface area contributed by atoms with Crippen LogP contribution >= 0.6 is 0 Å². The summed E-state index contributed by atoms with van der Waals surface area (Å²) in [7, 11) is 0. The molecule has 3 nitrogen and oxygen atoms in total. The van der Waals surface area contributed by atoms with Gasteiger partial charge in [-0.2, -0.15) is 0 Å². The second kappa shape index (κ2) is 5.58. The van der Waals surface area contributed by atoms with Crippen molar-refractivity contribution in [2.45, 2.75) is 85.4 Å². The van der Waals surface area contributed by atoms with Crippen LogP contribution in [-0.2, 0) is 4.74 Å². The van der Waals surface area contributed by atoms with Crippen LogP contribution in [-0.4, -0.2) is 30.3 Å². The number of ether oxygens (including phenoxy) is 1. The Morgan fingerprint density at radius 3 is 2.15 bits per heavy atom. The molecule has 1 aliphatic rings. The second-order valence-electron chi connectivity index (χ2n) is 9.00. The van der Waals surface area contributed by atoms with Gasteiger partial charge in [-0.3, -0.25) is 0 Å².